The summed E-state index contributed by atoms with van der Waals surface area (Å²) >= 11 is 0. The van der Waals surface area contributed by atoms with Crippen LogP contribution in [0, 0.1) is 0 Å². The molecule has 0 aliphatic carbocycles. The van der Waals surface area contributed by atoms with E-state index in [2.05, 4.69) is 6.92 Å². The van der Waals surface area contributed by atoms with E-state index >= 15 is 0 Å². The van der Waals surface area contributed by atoms with E-state index in [-0.39, 0.29) is 5.91 Å². The number of anilines is 1. The molecule has 1 heterocycles. The standard InChI is InChI=1S/C18H19NO2/c1-3-13-9-11-14(12-10-13)19-17(20)15-7-5-6-8-16(15)18(19,21)4-2/h5-12,21H,3-4H2,1-2H3. The smallest absolute Gasteiger partial charge is 0.261 e. The maximum Gasteiger partial charge on any atom is 0.261 e. The Morgan fingerprint density at radius 3 is 2.33 bits per heavy atom. The van der Waals surface area contributed by atoms with Gasteiger partial charge in [0.25, 0.3) is 5.91 Å². The molecule has 2 aromatic carbocycles. The van der Waals surface area contributed by atoms with E-state index in [0.717, 1.165) is 12.1 Å². The number of aliphatic hydroxyl groups is 1. The van der Waals surface area contributed by atoms with Crippen molar-refractivity contribution in [3.8, 4) is 0 Å². The zero-order valence-electron chi connectivity index (χ0n) is 12.3. The molecule has 1 aliphatic rings. The fraction of sp³-hybridized carbons (Fsp3) is 0.278. The van der Waals surface area contributed by atoms with Crippen molar-refractivity contribution in [2.45, 2.75) is 32.4 Å². The van der Waals surface area contributed by atoms with Gasteiger partial charge in [0, 0.05) is 16.8 Å². The maximum atomic E-state index is 12.7. The topological polar surface area (TPSA) is 40.5 Å². The van der Waals surface area contributed by atoms with Gasteiger partial charge in [-0.1, -0.05) is 44.2 Å². The number of amides is 1. The number of fused-ring (bicyclic) bond motifs is 1. The predicted octanol–water partition coefficient (Wildman–Crippen LogP) is 3.46. The van der Waals surface area contributed by atoms with Gasteiger partial charge in [0.2, 0.25) is 0 Å². The predicted molar refractivity (Wildman–Crippen MR) is 83.3 cm³/mol. The molecule has 3 heteroatoms. The minimum absolute atomic E-state index is 0.140. The zero-order chi connectivity index (χ0) is 15.0. The number of benzene rings is 2. The molecular formula is C18H19NO2. The van der Waals surface area contributed by atoms with Crippen LogP contribution >= 0.6 is 0 Å². The van der Waals surface area contributed by atoms with Crippen LogP contribution in [0.3, 0.4) is 0 Å². The highest BCUT2D eigenvalue weighted by Gasteiger charge is 2.47. The van der Waals surface area contributed by atoms with Crippen LogP contribution in [0.2, 0.25) is 0 Å². The Kier molecular flexibility index (Phi) is 3.30. The minimum Gasteiger partial charge on any atom is -0.366 e. The number of nitrogens with zero attached hydrogens (tertiary/aromatic N) is 1. The molecule has 0 saturated carbocycles. The normalized spacial score (nSPS) is 20.7. The lowest BCUT2D eigenvalue weighted by atomic mass is 9.99. The Hall–Kier alpha value is -2.13. The average Bonchev–Trinajstić information content (AvgIpc) is 2.77. The maximum absolute atomic E-state index is 12.7. The van der Waals surface area contributed by atoms with Gasteiger partial charge in [-0.25, -0.2) is 0 Å². The molecule has 1 N–H and O–H groups in total. The van der Waals surface area contributed by atoms with Gasteiger partial charge in [-0.05, 0) is 36.6 Å². The second-order valence-electron chi connectivity index (χ2n) is 5.38. The number of carbonyl (C=O) groups is 1. The van der Waals surface area contributed by atoms with Gasteiger partial charge in [0.05, 0.1) is 0 Å². The van der Waals surface area contributed by atoms with Crippen LogP contribution in [0.4, 0.5) is 5.69 Å². The van der Waals surface area contributed by atoms with E-state index in [0.29, 0.717) is 17.5 Å². The van der Waals surface area contributed by atoms with Crippen molar-refractivity contribution in [3.05, 3.63) is 65.2 Å². The monoisotopic (exact) mass is 281 g/mol. The van der Waals surface area contributed by atoms with E-state index in [1.54, 1.807) is 6.07 Å². The second kappa shape index (κ2) is 5.01. The summed E-state index contributed by atoms with van der Waals surface area (Å²) in [6.45, 7) is 3.98. The molecule has 0 aromatic heterocycles. The zero-order valence-corrected chi connectivity index (χ0v) is 12.3. The third-order valence-electron chi connectivity index (χ3n) is 4.26. The van der Waals surface area contributed by atoms with Gasteiger partial charge < -0.3 is 5.11 Å². The SMILES string of the molecule is CCc1ccc(N2C(=O)c3ccccc3C2(O)CC)cc1. The van der Waals surface area contributed by atoms with Crippen LogP contribution in [0.25, 0.3) is 0 Å². The highest BCUT2D eigenvalue weighted by molar-refractivity contribution is 6.11. The molecule has 0 radical (unpaired) electrons. The fourth-order valence-electron chi connectivity index (χ4n) is 2.99. The minimum atomic E-state index is -1.26. The number of hydrogen-bond acceptors (Lipinski definition) is 2. The molecule has 0 saturated heterocycles. The molecule has 1 unspecified atom stereocenters. The van der Waals surface area contributed by atoms with Crippen LogP contribution < -0.4 is 4.90 Å². The summed E-state index contributed by atoms with van der Waals surface area (Å²) in [5.74, 6) is -0.140. The molecule has 0 fully saturated rings. The average molecular weight is 281 g/mol. The number of hydrogen-bond donors (Lipinski definition) is 1. The van der Waals surface area contributed by atoms with Gasteiger partial charge >= 0.3 is 0 Å². The van der Waals surface area contributed by atoms with Gasteiger partial charge in [-0.2, -0.15) is 0 Å². The fourth-order valence-corrected chi connectivity index (χ4v) is 2.99. The lowest BCUT2D eigenvalue weighted by Crippen LogP contribution is -2.43. The first kappa shape index (κ1) is 13.8. The highest BCUT2D eigenvalue weighted by Crippen LogP contribution is 2.42. The summed E-state index contributed by atoms with van der Waals surface area (Å²) in [5.41, 5.74) is 1.96. The summed E-state index contributed by atoms with van der Waals surface area (Å²) < 4.78 is 0. The molecule has 3 nitrogen and oxygen atoms in total. The van der Waals surface area contributed by atoms with Gasteiger partial charge in [-0.3, -0.25) is 9.69 Å². The largest absolute Gasteiger partial charge is 0.366 e. The molecule has 0 spiro atoms. The number of aryl methyl sites for hydroxylation is 1. The third kappa shape index (κ3) is 1.96. The van der Waals surface area contributed by atoms with Crippen molar-refractivity contribution in [1.82, 2.24) is 0 Å². The summed E-state index contributed by atoms with van der Waals surface area (Å²) in [7, 11) is 0. The first-order valence-electron chi connectivity index (χ1n) is 7.37. The van der Waals surface area contributed by atoms with Crippen molar-refractivity contribution in [2.24, 2.45) is 0 Å². The van der Waals surface area contributed by atoms with E-state index in [4.69, 9.17) is 0 Å². The van der Waals surface area contributed by atoms with Crippen molar-refractivity contribution in [1.29, 1.82) is 0 Å². The molecule has 2 aromatic rings. The van der Waals surface area contributed by atoms with E-state index in [1.807, 2.05) is 49.4 Å². The van der Waals surface area contributed by atoms with Gasteiger partial charge in [0.15, 0.2) is 5.72 Å². The summed E-state index contributed by atoms with van der Waals surface area (Å²) in [6.07, 6.45) is 1.40. The highest BCUT2D eigenvalue weighted by atomic mass is 16.3. The van der Waals surface area contributed by atoms with Gasteiger partial charge in [0.1, 0.15) is 0 Å². The molecule has 0 bridgehead atoms. The van der Waals surface area contributed by atoms with Crippen LogP contribution in [0.5, 0.6) is 0 Å². The molecule has 1 amide bonds. The third-order valence-corrected chi connectivity index (χ3v) is 4.26. The summed E-state index contributed by atoms with van der Waals surface area (Å²) in [4.78, 5) is 14.2. The van der Waals surface area contributed by atoms with Crippen LogP contribution in [0.15, 0.2) is 48.5 Å². The van der Waals surface area contributed by atoms with Crippen molar-refractivity contribution in [3.63, 3.8) is 0 Å². The Bertz CT molecular complexity index is 678. The number of rotatable bonds is 3. The Balaban J connectivity index is 2.12. The molecule has 21 heavy (non-hydrogen) atoms. The first-order valence-corrected chi connectivity index (χ1v) is 7.37. The lowest BCUT2D eigenvalue weighted by Gasteiger charge is -2.33. The van der Waals surface area contributed by atoms with E-state index in [9.17, 15) is 9.90 Å². The van der Waals surface area contributed by atoms with Crippen molar-refractivity contribution < 1.29 is 9.90 Å². The Morgan fingerprint density at radius 2 is 1.71 bits per heavy atom. The molecule has 1 aliphatic heterocycles. The molecule has 108 valence electrons. The number of carbonyl (C=O) groups excluding carboxylic acids is 1. The molecule has 3 rings (SSSR count). The van der Waals surface area contributed by atoms with Gasteiger partial charge in [-0.15, -0.1) is 0 Å². The summed E-state index contributed by atoms with van der Waals surface area (Å²) in [5, 5.41) is 11.1. The Labute approximate surface area is 124 Å². The first-order chi connectivity index (χ1) is 10.1. The molecular weight excluding hydrogens is 262 g/mol. The lowest BCUT2D eigenvalue weighted by molar-refractivity contribution is 0.0358. The van der Waals surface area contributed by atoms with Crippen LogP contribution in [-0.4, -0.2) is 11.0 Å². The quantitative estimate of drug-likeness (QED) is 0.936. The second-order valence-corrected chi connectivity index (χ2v) is 5.38. The van der Waals surface area contributed by atoms with Crippen LogP contribution in [0.1, 0.15) is 41.8 Å². The van der Waals surface area contributed by atoms with Crippen molar-refractivity contribution >= 4 is 11.6 Å². The van der Waals surface area contributed by atoms with E-state index < -0.39 is 5.72 Å². The van der Waals surface area contributed by atoms with Crippen molar-refractivity contribution in [2.75, 3.05) is 4.90 Å². The Morgan fingerprint density at radius 1 is 1.05 bits per heavy atom. The van der Waals surface area contributed by atoms with Crippen LogP contribution in [-0.2, 0) is 12.1 Å². The van der Waals surface area contributed by atoms with E-state index in [1.165, 1.54) is 10.5 Å². The molecule has 1 atom stereocenters. The summed E-state index contributed by atoms with van der Waals surface area (Å²) in [6, 6.07) is 15.1.